The molecule has 1 aliphatic rings. The highest BCUT2D eigenvalue weighted by Crippen LogP contribution is 2.16. The van der Waals surface area contributed by atoms with E-state index in [1.807, 2.05) is 25.3 Å². The molecule has 0 aliphatic carbocycles. The summed E-state index contributed by atoms with van der Waals surface area (Å²) in [6, 6.07) is 4.00. The highest BCUT2D eigenvalue weighted by atomic mass is 16.3. The second-order valence-corrected chi connectivity index (χ2v) is 3.83. The van der Waals surface area contributed by atoms with E-state index in [2.05, 4.69) is 10.3 Å². The van der Waals surface area contributed by atoms with Gasteiger partial charge in [-0.1, -0.05) is 6.07 Å². The molecule has 0 atom stereocenters. The molecule has 2 heterocycles. The lowest BCUT2D eigenvalue weighted by atomic mass is 9.91. The van der Waals surface area contributed by atoms with Crippen molar-refractivity contribution in [3.05, 3.63) is 29.6 Å². The molecule has 0 spiro atoms. The quantitative estimate of drug-likeness (QED) is 0.683. The van der Waals surface area contributed by atoms with E-state index in [1.165, 1.54) is 0 Å². The summed E-state index contributed by atoms with van der Waals surface area (Å²) in [6.45, 7) is 3.38. The molecular formula is C10H14N2O. The van der Waals surface area contributed by atoms with Gasteiger partial charge in [-0.05, 0) is 18.6 Å². The Balaban J connectivity index is 2.05. The first-order chi connectivity index (χ1) is 6.18. The number of hydrogen-bond acceptors (Lipinski definition) is 3. The van der Waals surface area contributed by atoms with Gasteiger partial charge in [0.25, 0.3) is 0 Å². The summed E-state index contributed by atoms with van der Waals surface area (Å²) >= 11 is 0. The topological polar surface area (TPSA) is 45.1 Å². The van der Waals surface area contributed by atoms with Crippen molar-refractivity contribution >= 4 is 0 Å². The van der Waals surface area contributed by atoms with Crippen LogP contribution in [0.1, 0.15) is 11.3 Å². The number of aliphatic hydroxyl groups is 1. The van der Waals surface area contributed by atoms with Crippen LogP contribution in [-0.2, 0) is 6.42 Å². The van der Waals surface area contributed by atoms with Gasteiger partial charge in [-0.3, -0.25) is 4.98 Å². The lowest BCUT2D eigenvalue weighted by Crippen LogP contribution is -2.60. The van der Waals surface area contributed by atoms with Crippen molar-refractivity contribution in [3.8, 4) is 0 Å². The highest BCUT2D eigenvalue weighted by Gasteiger charge is 2.34. The molecule has 2 N–H and O–H groups in total. The molecule has 0 radical (unpaired) electrons. The summed E-state index contributed by atoms with van der Waals surface area (Å²) in [7, 11) is 0. The van der Waals surface area contributed by atoms with Gasteiger partial charge in [-0.2, -0.15) is 0 Å². The normalized spacial score (nSPS) is 19.5. The Labute approximate surface area is 77.8 Å². The van der Waals surface area contributed by atoms with E-state index in [9.17, 15) is 5.11 Å². The minimum atomic E-state index is -0.553. The summed E-state index contributed by atoms with van der Waals surface area (Å²) in [5, 5.41) is 12.9. The highest BCUT2D eigenvalue weighted by molar-refractivity contribution is 5.15. The zero-order chi connectivity index (χ0) is 9.31. The van der Waals surface area contributed by atoms with Gasteiger partial charge in [0, 0.05) is 31.4 Å². The maximum Gasteiger partial charge on any atom is 0.0950 e. The lowest BCUT2D eigenvalue weighted by molar-refractivity contribution is -0.00981. The van der Waals surface area contributed by atoms with Gasteiger partial charge in [-0.25, -0.2) is 0 Å². The van der Waals surface area contributed by atoms with Gasteiger partial charge in [0.2, 0.25) is 0 Å². The summed E-state index contributed by atoms with van der Waals surface area (Å²) < 4.78 is 0. The number of nitrogens with one attached hydrogen (secondary N) is 1. The largest absolute Gasteiger partial charge is 0.387 e. The van der Waals surface area contributed by atoms with Crippen LogP contribution in [0.2, 0.25) is 0 Å². The second kappa shape index (κ2) is 3.09. The van der Waals surface area contributed by atoms with E-state index in [0.29, 0.717) is 19.5 Å². The zero-order valence-electron chi connectivity index (χ0n) is 7.75. The maximum atomic E-state index is 9.83. The predicted octanol–water partition coefficient (Wildman–Crippen LogP) is 0.267. The molecular weight excluding hydrogens is 164 g/mol. The number of β-amino-alcohol motifs (C(OH)–C–C–N with tert-alkyl or cyclic N) is 1. The molecule has 0 bridgehead atoms. The van der Waals surface area contributed by atoms with Crippen LogP contribution in [0.5, 0.6) is 0 Å². The van der Waals surface area contributed by atoms with Crippen molar-refractivity contribution in [1.29, 1.82) is 0 Å². The fraction of sp³-hybridized carbons (Fsp3) is 0.500. The molecule has 1 aromatic heterocycles. The third-order valence-corrected chi connectivity index (χ3v) is 2.39. The maximum absolute atomic E-state index is 9.83. The lowest BCUT2D eigenvalue weighted by Gasteiger charge is -2.37. The summed E-state index contributed by atoms with van der Waals surface area (Å²) in [5.74, 6) is 0. The van der Waals surface area contributed by atoms with E-state index in [0.717, 1.165) is 11.3 Å². The fourth-order valence-corrected chi connectivity index (χ4v) is 1.48. The third-order valence-electron chi connectivity index (χ3n) is 2.39. The van der Waals surface area contributed by atoms with Gasteiger partial charge in [0.1, 0.15) is 0 Å². The molecule has 1 aromatic rings. The number of rotatable bonds is 2. The van der Waals surface area contributed by atoms with Gasteiger partial charge >= 0.3 is 0 Å². The van der Waals surface area contributed by atoms with Crippen molar-refractivity contribution in [2.75, 3.05) is 13.1 Å². The Morgan fingerprint density at radius 1 is 1.54 bits per heavy atom. The van der Waals surface area contributed by atoms with Crippen LogP contribution in [0.4, 0.5) is 0 Å². The molecule has 0 amide bonds. The van der Waals surface area contributed by atoms with Gasteiger partial charge in [0.15, 0.2) is 0 Å². The molecule has 1 aliphatic heterocycles. The smallest absolute Gasteiger partial charge is 0.0950 e. The Kier molecular flexibility index (Phi) is 2.06. The molecule has 0 saturated carbocycles. The number of pyridine rings is 1. The second-order valence-electron chi connectivity index (χ2n) is 3.83. The van der Waals surface area contributed by atoms with E-state index >= 15 is 0 Å². The van der Waals surface area contributed by atoms with E-state index in [1.54, 1.807) is 0 Å². The van der Waals surface area contributed by atoms with Gasteiger partial charge in [-0.15, -0.1) is 0 Å². The molecule has 1 fully saturated rings. The molecule has 2 rings (SSSR count). The Bertz CT molecular complexity index is 290. The Hall–Kier alpha value is -0.930. The number of aryl methyl sites for hydroxylation is 1. The SMILES string of the molecule is Cc1ccc(CC2(O)CNC2)nc1. The molecule has 3 nitrogen and oxygen atoms in total. The molecule has 1 saturated heterocycles. The third kappa shape index (κ3) is 1.87. The number of hydrogen-bond donors (Lipinski definition) is 2. The van der Waals surface area contributed by atoms with Crippen molar-refractivity contribution in [2.24, 2.45) is 0 Å². The van der Waals surface area contributed by atoms with Crippen molar-refractivity contribution < 1.29 is 5.11 Å². The first kappa shape index (κ1) is 8.66. The molecule has 13 heavy (non-hydrogen) atoms. The van der Waals surface area contributed by atoms with Crippen LogP contribution in [-0.4, -0.2) is 28.8 Å². The van der Waals surface area contributed by atoms with Crippen molar-refractivity contribution in [3.63, 3.8) is 0 Å². The summed E-state index contributed by atoms with van der Waals surface area (Å²) in [4.78, 5) is 4.26. The van der Waals surface area contributed by atoms with E-state index in [4.69, 9.17) is 0 Å². The standard InChI is InChI=1S/C10H14N2O/c1-8-2-3-9(12-5-8)4-10(13)6-11-7-10/h2-3,5,11,13H,4,6-7H2,1H3. The van der Waals surface area contributed by atoms with E-state index in [-0.39, 0.29) is 0 Å². The molecule has 70 valence electrons. The van der Waals surface area contributed by atoms with Crippen LogP contribution < -0.4 is 5.32 Å². The first-order valence-electron chi connectivity index (χ1n) is 4.53. The zero-order valence-corrected chi connectivity index (χ0v) is 7.75. The van der Waals surface area contributed by atoms with Crippen LogP contribution in [0.15, 0.2) is 18.3 Å². The van der Waals surface area contributed by atoms with Crippen LogP contribution in [0.3, 0.4) is 0 Å². The number of aromatic nitrogens is 1. The first-order valence-corrected chi connectivity index (χ1v) is 4.53. The van der Waals surface area contributed by atoms with E-state index < -0.39 is 5.60 Å². The monoisotopic (exact) mass is 178 g/mol. The average Bonchev–Trinajstić information content (AvgIpc) is 2.06. The molecule has 0 unspecified atom stereocenters. The van der Waals surface area contributed by atoms with Crippen LogP contribution in [0, 0.1) is 6.92 Å². The summed E-state index contributed by atoms with van der Waals surface area (Å²) in [6.07, 6.45) is 2.49. The fourth-order valence-electron chi connectivity index (χ4n) is 1.48. The van der Waals surface area contributed by atoms with Gasteiger partial charge < -0.3 is 10.4 Å². The Morgan fingerprint density at radius 3 is 2.77 bits per heavy atom. The minimum Gasteiger partial charge on any atom is -0.387 e. The van der Waals surface area contributed by atoms with Crippen molar-refractivity contribution in [1.82, 2.24) is 10.3 Å². The average molecular weight is 178 g/mol. The minimum absolute atomic E-state index is 0.553. The molecule has 3 heteroatoms. The van der Waals surface area contributed by atoms with Crippen LogP contribution >= 0.6 is 0 Å². The Morgan fingerprint density at radius 2 is 2.31 bits per heavy atom. The number of nitrogens with zero attached hydrogens (tertiary/aromatic N) is 1. The van der Waals surface area contributed by atoms with Crippen LogP contribution in [0.25, 0.3) is 0 Å². The van der Waals surface area contributed by atoms with Crippen molar-refractivity contribution in [2.45, 2.75) is 18.9 Å². The summed E-state index contributed by atoms with van der Waals surface area (Å²) in [5.41, 5.74) is 1.57. The predicted molar refractivity (Wildman–Crippen MR) is 50.5 cm³/mol. The van der Waals surface area contributed by atoms with Gasteiger partial charge in [0.05, 0.1) is 5.60 Å². The molecule has 0 aromatic carbocycles.